The van der Waals surface area contributed by atoms with Crippen molar-refractivity contribution in [2.45, 2.75) is 52.2 Å². The second-order valence-electron chi connectivity index (χ2n) is 5.19. The van der Waals surface area contributed by atoms with E-state index in [0.717, 1.165) is 36.0 Å². The molecule has 2 aromatic rings. The summed E-state index contributed by atoms with van der Waals surface area (Å²) < 4.78 is 1.95. The Morgan fingerprint density at radius 3 is 2.81 bits per heavy atom. The van der Waals surface area contributed by atoms with E-state index in [4.69, 9.17) is 0 Å². The summed E-state index contributed by atoms with van der Waals surface area (Å²) in [4.78, 5) is 11.3. The number of rotatable bonds is 8. The average molecular weight is 289 g/mol. The minimum absolute atomic E-state index is 0.480. The van der Waals surface area contributed by atoms with E-state index in [-0.39, 0.29) is 0 Å². The van der Waals surface area contributed by atoms with Crippen molar-refractivity contribution in [2.75, 3.05) is 0 Å². The van der Waals surface area contributed by atoms with Crippen molar-refractivity contribution in [3.63, 3.8) is 0 Å². The standard InChI is InChI=1S/C16H23N3O2/c1-3-5-9-13(16(20)21)17-11-14-12-8-6-7-10-15(12)19(4-2)18-14/h6-8,10,13,17H,3-5,9,11H2,1-2H3,(H,20,21). The van der Waals surface area contributed by atoms with Crippen LogP contribution in [0.4, 0.5) is 0 Å². The lowest BCUT2D eigenvalue weighted by molar-refractivity contribution is -0.139. The molecule has 0 spiro atoms. The lowest BCUT2D eigenvalue weighted by Crippen LogP contribution is -2.36. The summed E-state index contributed by atoms with van der Waals surface area (Å²) in [6, 6.07) is 7.55. The maximum Gasteiger partial charge on any atom is 0.320 e. The molecule has 5 nitrogen and oxygen atoms in total. The van der Waals surface area contributed by atoms with E-state index < -0.39 is 12.0 Å². The Morgan fingerprint density at radius 2 is 2.14 bits per heavy atom. The Morgan fingerprint density at radius 1 is 1.38 bits per heavy atom. The molecule has 0 aliphatic rings. The Kier molecular flexibility index (Phi) is 5.33. The van der Waals surface area contributed by atoms with Crippen molar-refractivity contribution in [3.8, 4) is 0 Å². The maximum absolute atomic E-state index is 11.3. The van der Waals surface area contributed by atoms with Crippen molar-refractivity contribution in [2.24, 2.45) is 0 Å². The third-order valence-electron chi connectivity index (χ3n) is 3.69. The highest BCUT2D eigenvalue weighted by molar-refractivity contribution is 5.82. The fraction of sp³-hybridized carbons (Fsp3) is 0.500. The minimum atomic E-state index is -0.789. The van der Waals surface area contributed by atoms with Gasteiger partial charge in [0.05, 0.1) is 11.2 Å². The zero-order valence-corrected chi connectivity index (χ0v) is 12.7. The van der Waals surface area contributed by atoms with Crippen LogP contribution in [0.15, 0.2) is 24.3 Å². The highest BCUT2D eigenvalue weighted by atomic mass is 16.4. The van der Waals surface area contributed by atoms with Crippen molar-refractivity contribution in [3.05, 3.63) is 30.0 Å². The second kappa shape index (κ2) is 7.22. The van der Waals surface area contributed by atoms with E-state index in [1.165, 1.54) is 0 Å². The smallest absolute Gasteiger partial charge is 0.320 e. The predicted octanol–water partition coefficient (Wildman–Crippen LogP) is 2.79. The number of hydrogen-bond acceptors (Lipinski definition) is 3. The third kappa shape index (κ3) is 3.61. The van der Waals surface area contributed by atoms with Crippen LogP contribution in [0.25, 0.3) is 10.9 Å². The summed E-state index contributed by atoms with van der Waals surface area (Å²) in [6.07, 6.45) is 2.56. The highest BCUT2D eigenvalue weighted by Crippen LogP contribution is 2.18. The van der Waals surface area contributed by atoms with Crippen molar-refractivity contribution in [1.29, 1.82) is 0 Å². The molecule has 1 heterocycles. The van der Waals surface area contributed by atoms with Gasteiger partial charge in [-0.25, -0.2) is 0 Å². The first-order valence-electron chi connectivity index (χ1n) is 7.58. The summed E-state index contributed by atoms with van der Waals surface area (Å²) in [5.41, 5.74) is 2.01. The quantitative estimate of drug-likeness (QED) is 0.784. The molecule has 1 aromatic carbocycles. The fourth-order valence-electron chi connectivity index (χ4n) is 2.51. The first-order chi connectivity index (χ1) is 10.2. The van der Waals surface area contributed by atoms with Crippen LogP contribution in [-0.2, 0) is 17.9 Å². The van der Waals surface area contributed by atoms with E-state index >= 15 is 0 Å². The van der Waals surface area contributed by atoms with Crippen molar-refractivity contribution >= 4 is 16.9 Å². The molecule has 0 saturated heterocycles. The summed E-state index contributed by atoms with van der Waals surface area (Å²) in [5, 5.41) is 18.0. The molecule has 1 atom stereocenters. The molecule has 0 radical (unpaired) electrons. The molecule has 114 valence electrons. The number of aryl methyl sites for hydroxylation is 1. The molecule has 2 rings (SSSR count). The number of fused-ring (bicyclic) bond motifs is 1. The zero-order chi connectivity index (χ0) is 15.2. The summed E-state index contributed by atoms with van der Waals surface area (Å²) >= 11 is 0. The summed E-state index contributed by atoms with van der Waals surface area (Å²) in [5.74, 6) is -0.789. The van der Waals surface area contributed by atoms with E-state index in [0.29, 0.717) is 13.0 Å². The van der Waals surface area contributed by atoms with Crippen LogP contribution in [0, 0.1) is 0 Å². The van der Waals surface area contributed by atoms with Crippen LogP contribution < -0.4 is 5.32 Å². The molecular formula is C16H23N3O2. The Labute approximate surface area is 125 Å². The number of nitrogens with zero attached hydrogens (tertiary/aromatic N) is 2. The number of hydrogen-bond donors (Lipinski definition) is 2. The van der Waals surface area contributed by atoms with Gasteiger partial charge in [0.1, 0.15) is 6.04 Å². The number of carboxylic acid groups (broad SMARTS) is 1. The van der Waals surface area contributed by atoms with Gasteiger partial charge in [-0.15, -0.1) is 0 Å². The number of unbranched alkanes of at least 4 members (excludes halogenated alkanes) is 1. The van der Waals surface area contributed by atoms with Crippen LogP contribution in [0.1, 0.15) is 38.8 Å². The van der Waals surface area contributed by atoms with Crippen molar-refractivity contribution < 1.29 is 9.90 Å². The molecule has 1 aromatic heterocycles. The largest absolute Gasteiger partial charge is 0.480 e. The summed E-state index contributed by atoms with van der Waals surface area (Å²) in [7, 11) is 0. The van der Waals surface area contributed by atoms with Crippen LogP contribution >= 0.6 is 0 Å². The van der Waals surface area contributed by atoms with Crippen LogP contribution in [-0.4, -0.2) is 26.9 Å². The van der Waals surface area contributed by atoms with E-state index in [2.05, 4.69) is 24.3 Å². The first kappa shape index (κ1) is 15.5. The Bertz CT molecular complexity index is 607. The second-order valence-corrected chi connectivity index (χ2v) is 5.19. The lowest BCUT2D eigenvalue weighted by atomic mass is 10.1. The molecule has 0 bridgehead atoms. The summed E-state index contributed by atoms with van der Waals surface area (Å²) in [6.45, 7) is 5.40. The SMILES string of the molecule is CCCCC(NCc1nn(CC)c2ccccc12)C(=O)O. The lowest BCUT2D eigenvalue weighted by Gasteiger charge is -2.13. The first-order valence-corrected chi connectivity index (χ1v) is 7.58. The van der Waals surface area contributed by atoms with Crippen LogP contribution in [0.2, 0.25) is 0 Å². The van der Waals surface area contributed by atoms with E-state index in [1.54, 1.807) is 0 Å². The van der Waals surface area contributed by atoms with Gasteiger partial charge in [-0.2, -0.15) is 5.10 Å². The number of carbonyl (C=O) groups is 1. The molecule has 1 unspecified atom stereocenters. The van der Waals surface area contributed by atoms with E-state index in [1.807, 2.05) is 28.9 Å². The Balaban J connectivity index is 2.14. The molecule has 0 aliphatic carbocycles. The number of benzene rings is 1. The van der Waals surface area contributed by atoms with E-state index in [9.17, 15) is 9.90 Å². The Hall–Kier alpha value is -1.88. The number of aromatic nitrogens is 2. The van der Waals surface area contributed by atoms with Gasteiger partial charge in [0.2, 0.25) is 0 Å². The van der Waals surface area contributed by atoms with Gasteiger partial charge in [0, 0.05) is 18.5 Å². The van der Waals surface area contributed by atoms with Gasteiger partial charge in [0.15, 0.2) is 0 Å². The molecule has 2 N–H and O–H groups in total. The predicted molar refractivity (Wildman–Crippen MR) is 83.2 cm³/mol. The van der Waals surface area contributed by atoms with Gasteiger partial charge in [-0.05, 0) is 19.4 Å². The van der Waals surface area contributed by atoms with Gasteiger partial charge in [-0.1, -0.05) is 38.0 Å². The highest BCUT2D eigenvalue weighted by Gasteiger charge is 2.17. The molecule has 0 aliphatic heterocycles. The van der Waals surface area contributed by atoms with Crippen LogP contribution in [0.3, 0.4) is 0 Å². The maximum atomic E-state index is 11.3. The average Bonchev–Trinajstić information content (AvgIpc) is 2.85. The third-order valence-corrected chi connectivity index (χ3v) is 3.69. The molecule has 0 amide bonds. The number of aliphatic carboxylic acids is 1. The number of carboxylic acids is 1. The monoisotopic (exact) mass is 289 g/mol. The van der Waals surface area contributed by atoms with Crippen molar-refractivity contribution in [1.82, 2.24) is 15.1 Å². The topological polar surface area (TPSA) is 67.2 Å². The van der Waals surface area contributed by atoms with Gasteiger partial charge >= 0.3 is 5.97 Å². The fourth-order valence-corrected chi connectivity index (χ4v) is 2.51. The van der Waals surface area contributed by atoms with Gasteiger partial charge in [0.25, 0.3) is 0 Å². The normalized spacial score (nSPS) is 12.7. The molecule has 0 saturated carbocycles. The minimum Gasteiger partial charge on any atom is -0.480 e. The molecule has 21 heavy (non-hydrogen) atoms. The van der Waals surface area contributed by atoms with Crippen LogP contribution in [0.5, 0.6) is 0 Å². The number of nitrogens with one attached hydrogen (secondary N) is 1. The number of para-hydroxylation sites is 1. The van der Waals surface area contributed by atoms with Gasteiger partial charge < -0.3 is 5.11 Å². The molecule has 5 heteroatoms. The van der Waals surface area contributed by atoms with Gasteiger partial charge in [-0.3, -0.25) is 14.8 Å². The molecule has 0 fully saturated rings. The molecular weight excluding hydrogens is 266 g/mol. The zero-order valence-electron chi connectivity index (χ0n) is 12.7.